The van der Waals surface area contributed by atoms with Gasteiger partial charge >= 0.3 is 5.82 Å². The summed E-state index contributed by atoms with van der Waals surface area (Å²) < 4.78 is 14.6. The Hall–Kier alpha value is -5.74. The van der Waals surface area contributed by atoms with Gasteiger partial charge in [-0.15, -0.1) is 0 Å². The molecule has 254 valence electrons. The van der Waals surface area contributed by atoms with Gasteiger partial charge in [-0.1, -0.05) is 106 Å². The molecule has 52 heavy (non-hydrogen) atoms. The lowest BCUT2D eigenvalue weighted by atomic mass is 9.78. The molecule has 0 amide bonds. The average molecular weight is 678 g/mol. The van der Waals surface area contributed by atoms with Gasteiger partial charge in [-0.05, 0) is 84.8 Å². The Kier molecular flexibility index (Phi) is 7.28. The number of aryl methyl sites for hydroxylation is 3. The van der Waals surface area contributed by atoms with Gasteiger partial charge in [0, 0.05) is 28.5 Å². The number of hydrogen-bond acceptors (Lipinski definition) is 1. The average Bonchev–Trinajstić information content (AvgIpc) is 3.73. The van der Waals surface area contributed by atoms with E-state index in [0.717, 1.165) is 77.5 Å². The van der Waals surface area contributed by atoms with Crippen LogP contribution in [0.3, 0.4) is 0 Å². The topological polar surface area (TPSA) is 25.8 Å². The van der Waals surface area contributed by atoms with E-state index in [1.54, 1.807) is 0 Å². The number of hydrogen-bond donors (Lipinski definition) is 0. The first-order chi connectivity index (χ1) is 25.7. The summed E-state index contributed by atoms with van der Waals surface area (Å²) in [7, 11) is 0. The minimum absolute atomic E-state index is 0.00980. The highest BCUT2D eigenvalue weighted by Gasteiger charge is 2.47. The fourth-order valence-corrected chi connectivity index (χ4v) is 9.56. The predicted octanol–water partition coefficient (Wildman–Crippen LogP) is 11.1. The fraction of sp³-hybridized carbons (Fsp3) is 0.208. The summed E-state index contributed by atoms with van der Waals surface area (Å²) in [6.45, 7) is 9.70. The van der Waals surface area contributed by atoms with Crippen LogP contribution in [-0.4, -0.2) is 4.57 Å². The molecular formula is C48H43N3O+2. The van der Waals surface area contributed by atoms with Crippen LogP contribution in [0.15, 0.2) is 139 Å². The molecule has 0 spiro atoms. The lowest BCUT2D eigenvalue weighted by Crippen LogP contribution is -2.48. The van der Waals surface area contributed by atoms with Gasteiger partial charge < -0.3 is 4.42 Å². The number of benzene rings is 5. The van der Waals surface area contributed by atoms with Crippen LogP contribution in [0.5, 0.6) is 0 Å². The van der Waals surface area contributed by atoms with Crippen molar-refractivity contribution in [1.29, 1.82) is 0 Å². The second kappa shape index (κ2) is 12.2. The van der Waals surface area contributed by atoms with Gasteiger partial charge in [-0.25, -0.2) is 0 Å². The molecule has 0 saturated carbocycles. The molecule has 2 aliphatic rings. The molecule has 4 nitrogen and oxygen atoms in total. The van der Waals surface area contributed by atoms with Crippen molar-refractivity contribution < 1.29 is 13.6 Å². The molecule has 0 saturated heterocycles. The molecule has 3 aromatic heterocycles. The van der Waals surface area contributed by atoms with Gasteiger partial charge in [-0.3, -0.25) is 0 Å². The van der Waals surface area contributed by atoms with Crippen LogP contribution in [-0.2, 0) is 19.3 Å². The SMILES string of the molecule is C=C1C2C(CCc3ccc4c(oc5ccccc54)c3-c3n1c1ccccc1[n+]3-c1c(CCC)cccc1CCC)c1ccccc1-c1cccc[n+]12. The number of fused-ring (bicyclic) bond motifs is 15. The summed E-state index contributed by atoms with van der Waals surface area (Å²) in [5.41, 5.74) is 15.8. The zero-order valence-corrected chi connectivity index (χ0v) is 30.0. The Labute approximate surface area is 304 Å². The number of allylic oxidation sites excluding steroid dienone is 1. The number of furan rings is 1. The molecule has 5 aromatic carbocycles. The lowest BCUT2D eigenvalue weighted by Gasteiger charge is -2.30. The largest absolute Gasteiger partial charge is 0.455 e. The molecule has 5 heterocycles. The van der Waals surface area contributed by atoms with Crippen molar-refractivity contribution in [2.24, 2.45) is 0 Å². The number of aromatic nitrogens is 3. The van der Waals surface area contributed by atoms with E-state index in [2.05, 4.69) is 155 Å². The highest BCUT2D eigenvalue weighted by Crippen LogP contribution is 2.49. The van der Waals surface area contributed by atoms with Gasteiger partial charge in [0.15, 0.2) is 28.5 Å². The second-order valence-corrected chi connectivity index (χ2v) is 14.6. The molecule has 0 fully saturated rings. The normalized spacial score (nSPS) is 16.5. The van der Waals surface area contributed by atoms with Crippen molar-refractivity contribution in [3.8, 4) is 28.3 Å². The number of nitrogens with zero attached hydrogens (tertiary/aromatic N) is 3. The third-order valence-electron chi connectivity index (χ3n) is 11.7. The second-order valence-electron chi connectivity index (χ2n) is 14.6. The first-order valence-corrected chi connectivity index (χ1v) is 19.1. The van der Waals surface area contributed by atoms with Crippen molar-refractivity contribution in [2.75, 3.05) is 0 Å². The van der Waals surface area contributed by atoms with Gasteiger partial charge in [0.1, 0.15) is 16.8 Å². The fourth-order valence-electron chi connectivity index (χ4n) is 9.56. The smallest absolute Gasteiger partial charge is 0.304 e. The van der Waals surface area contributed by atoms with E-state index >= 15 is 0 Å². The van der Waals surface area contributed by atoms with Crippen molar-refractivity contribution in [1.82, 2.24) is 4.57 Å². The molecule has 8 aromatic rings. The van der Waals surface area contributed by atoms with E-state index in [-0.39, 0.29) is 12.0 Å². The first-order valence-electron chi connectivity index (χ1n) is 19.1. The highest BCUT2D eigenvalue weighted by atomic mass is 16.3. The number of pyridine rings is 1. The minimum atomic E-state index is 0.00980. The third-order valence-corrected chi connectivity index (χ3v) is 11.7. The number of imidazole rings is 1. The lowest BCUT2D eigenvalue weighted by molar-refractivity contribution is -0.704. The summed E-state index contributed by atoms with van der Waals surface area (Å²) in [4.78, 5) is 0. The molecule has 2 atom stereocenters. The Bertz CT molecular complexity index is 2690. The van der Waals surface area contributed by atoms with Gasteiger partial charge in [0.2, 0.25) is 11.7 Å². The zero-order valence-electron chi connectivity index (χ0n) is 30.0. The summed E-state index contributed by atoms with van der Waals surface area (Å²) >= 11 is 0. The van der Waals surface area contributed by atoms with E-state index in [9.17, 15) is 0 Å². The first kappa shape index (κ1) is 31.0. The molecular weight excluding hydrogens is 635 g/mol. The molecule has 2 aliphatic heterocycles. The predicted molar refractivity (Wildman–Crippen MR) is 212 cm³/mol. The standard InChI is InChI=1S/C48H43N3O/c1-4-15-33-17-14-18-34(16-5-2)46(33)51-42-24-10-9-23-41(42)50-31(3)45-38(35-19-6-7-20-36(35)40-22-12-13-30-49(40)45)28-26-32-27-29-39-37-21-8-11-25-43(37)52-47(39)44(32)48(50)51/h6-14,17-25,27,29-30,38,45H,3-5,15-16,26,28H2,1-2H3/q+2. The summed E-state index contributed by atoms with van der Waals surface area (Å²) in [5, 5.41) is 2.30. The van der Waals surface area contributed by atoms with Crippen LogP contribution in [0, 0.1) is 0 Å². The van der Waals surface area contributed by atoms with E-state index in [0.29, 0.717) is 0 Å². The van der Waals surface area contributed by atoms with Crippen LogP contribution >= 0.6 is 0 Å². The molecule has 0 bridgehead atoms. The monoisotopic (exact) mass is 677 g/mol. The Morgan fingerprint density at radius 2 is 1.50 bits per heavy atom. The maximum absolute atomic E-state index is 6.99. The van der Waals surface area contributed by atoms with Crippen LogP contribution in [0.25, 0.3) is 67.0 Å². The van der Waals surface area contributed by atoms with E-state index in [4.69, 9.17) is 11.0 Å². The van der Waals surface area contributed by atoms with E-state index in [1.807, 2.05) is 0 Å². The Morgan fingerprint density at radius 1 is 0.750 bits per heavy atom. The van der Waals surface area contributed by atoms with Crippen LogP contribution in [0.1, 0.15) is 67.3 Å². The summed E-state index contributed by atoms with van der Waals surface area (Å²) in [6.07, 6.45) is 8.32. The maximum Gasteiger partial charge on any atom is 0.304 e. The van der Waals surface area contributed by atoms with Crippen LogP contribution in [0.2, 0.25) is 0 Å². The molecule has 10 rings (SSSR count). The van der Waals surface area contributed by atoms with E-state index < -0.39 is 0 Å². The Morgan fingerprint density at radius 3 is 2.35 bits per heavy atom. The van der Waals surface area contributed by atoms with Crippen molar-refractivity contribution >= 4 is 38.7 Å². The van der Waals surface area contributed by atoms with Gasteiger partial charge in [0.25, 0.3) is 0 Å². The molecule has 0 radical (unpaired) electrons. The van der Waals surface area contributed by atoms with Crippen molar-refractivity contribution in [3.63, 3.8) is 0 Å². The highest BCUT2D eigenvalue weighted by molar-refractivity contribution is 6.10. The van der Waals surface area contributed by atoms with Crippen LogP contribution < -0.4 is 9.13 Å². The molecule has 2 unspecified atom stereocenters. The number of rotatable bonds is 5. The molecule has 0 N–H and O–H groups in total. The Balaban J connectivity index is 1.40. The van der Waals surface area contributed by atoms with Crippen molar-refractivity contribution in [2.45, 2.75) is 64.3 Å². The van der Waals surface area contributed by atoms with Crippen LogP contribution in [0.4, 0.5) is 0 Å². The third kappa shape index (κ3) is 4.46. The quantitative estimate of drug-likeness (QED) is 0.167. The molecule has 0 aliphatic carbocycles. The minimum Gasteiger partial charge on any atom is -0.455 e. The van der Waals surface area contributed by atoms with Gasteiger partial charge in [0.05, 0.1) is 5.92 Å². The van der Waals surface area contributed by atoms with E-state index in [1.165, 1.54) is 50.3 Å². The summed E-state index contributed by atoms with van der Waals surface area (Å²) in [5.74, 6) is 1.36. The maximum atomic E-state index is 6.99. The zero-order chi connectivity index (χ0) is 34.9. The number of para-hydroxylation sites is 4. The van der Waals surface area contributed by atoms with Crippen molar-refractivity contribution in [3.05, 3.63) is 156 Å². The summed E-state index contributed by atoms with van der Waals surface area (Å²) in [6, 6.07) is 44.8. The van der Waals surface area contributed by atoms with Gasteiger partial charge in [-0.2, -0.15) is 13.7 Å². The molecule has 4 heteroatoms.